The van der Waals surface area contributed by atoms with E-state index in [1.165, 1.54) is 4.90 Å². The van der Waals surface area contributed by atoms with E-state index in [-0.39, 0.29) is 12.6 Å². The summed E-state index contributed by atoms with van der Waals surface area (Å²) in [6.07, 6.45) is 5.14. The maximum atomic E-state index is 12.5. The third kappa shape index (κ3) is 2.43. The number of hydrogen-bond acceptors (Lipinski definition) is 3. The Balaban J connectivity index is 2.19. The second kappa shape index (κ2) is 5.19. The summed E-state index contributed by atoms with van der Waals surface area (Å²) < 4.78 is 0. The minimum atomic E-state index is -1.31. The molecule has 2 aliphatic carbocycles. The summed E-state index contributed by atoms with van der Waals surface area (Å²) in [7, 11) is 0. The van der Waals surface area contributed by atoms with Gasteiger partial charge in [-0.15, -0.1) is 0 Å². The van der Waals surface area contributed by atoms with Crippen molar-refractivity contribution in [3.05, 3.63) is 0 Å². The number of carbonyl (C=O) groups is 3. The van der Waals surface area contributed by atoms with Crippen molar-refractivity contribution in [2.75, 3.05) is 6.54 Å². The van der Waals surface area contributed by atoms with E-state index in [9.17, 15) is 19.5 Å². The lowest BCUT2D eigenvalue weighted by Crippen LogP contribution is -2.56. The van der Waals surface area contributed by atoms with E-state index in [2.05, 4.69) is 0 Å². The molecule has 0 unspecified atom stereocenters. The molecule has 106 valence electrons. The van der Waals surface area contributed by atoms with Gasteiger partial charge in [0, 0.05) is 6.04 Å². The van der Waals surface area contributed by atoms with E-state index in [0.717, 1.165) is 32.1 Å². The highest BCUT2D eigenvalue weighted by molar-refractivity contribution is 6.03. The minimum absolute atomic E-state index is 0.0307. The Morgan fingerprint density at radius 1 is 1.16 bits per heavy atom. The highest BCUT2D eigenvalue weighted by Gasteiger charge is 2.54. The van der Waals surface area contributed by atoms with Gasteiger partial charge in [-0.2, -0.15) is 0 Å². The zero-order chi connectivity index (χ0) is 14.0. The lowest BCUT2D eigenvalue weighted by molar-refractivity contribution is -0.169. The number of nitrogens with two attached hydrogens (primary N) is 1. The summed E-state index contributed by atoms with van der Waals surface area (Å²) >= 11 is 0. The number of aliphatic carboxylic acids is 1. The van der Waals surface area contributed by atoms with Gasteiger partial charge in [-0.3, -0.25) is 14.4 Å². The van der Waals surface area contributed by atoms with Crippen molar-refractivity contribution >= 4 is 17.8 Å². The van der Waals surface area contributed by atoms with Crippen molar-refractivity contribution in [1.82, 2.24) is 4.90 Å². The molecule has 0 bridgehead atoms. The maximum Gasteiger partial charge on any atom is 0.319 e. The van der Waals surface area contributed by atoms with Crippen molar-refractivity contribution < 1.29 is 19.5 Å². The van der Waals surface area contributed by atoms with Gasteiger partial charge >= 0.3 is 5.97 Å². The molecule has 6 heteroatoms. The van der Waals surface area contributed by atoms with E-state index in [1.54, 1.807) is 0 Å². The third-order valence-corrected chi connectivity index (χ3v) is 4.38. The third-order valence-electron chi connectivity index (χ3n) is 4.38. The van der Waals surface area contributed by atoms with Crippen LogP contribution in [0.2, 0.25) is 0 Å². The van der Waals surface area contributed by atoms with Crippen molar-refractivity contribution in [2.24, 2.45) is 11.1 Å². The lowest BCUT2D eigenvalue weighted by Gasteiger charge is -2.41. The summed E-state index contributed by atoms with van der Waals surface area (Å²) in [4.78, 5) is 36.5. The van der Waals surface area contributed by atoms with Crippen LogP contribution in [0.3, 0.4) is 0 Å². The monoisotopic (exact) mass is 268 g/mol. The van der Waals surface area contributed by atoms with Crippen LogP contribution in [0.25, 0.3) is 0 Å². The number of amides is 2. The molecule has 0 radical (unpaired) electrons. The average Bonchev–Trinajstić information content (AvgIpc) is 2.76. The quantitative estimate of drug-likeness (QED) is 0.709. The van der Waals surface area contributed by atoms with Gasteiger partial charge in [0.1, 0.15) is 5.41 Å². The van der Waals surface area contributed by atoms with Gasteiger partial charge in [0.05, 0.1) is 6.54 Å². The first-order valence-electron chi connectivity index (χ1n) is 6.80. The molecular formula is C13H20N2O4. The number of rotatable bonds is 5. The predicted octanol–water partition coefficient (Wildman–Crippen LogP) is 0.498. The second-order valence-electron chi connectivity index (χ2n) is 5.58. The Kier molecular flexibility index (Phi) is 3.78. The highest BCUT2D eigenvalue weighted by Crippen LogP contribution is 2.44. The summed E-state index contributed by atoms with van der Waals surface area (Å²) in [5.74, 6) is -2.08. The highest BCUT2D eigenvalue weighted by atomic mass is 16.4. The number of carboxylic acids is 1. The zero-order valence-electron chi connectivity index (χ0n) is 10.9. The number of nitrogens with zero attached hydrogens (tertiary/aromatic N) is 1. The first kappa shape index (κ1) is 13.8. The van der Waals surface area contributed by atoms with Gasteiger partial charge in [-0.1, -0.05) is 19.3 Å². The predicted molar refractivity (Wildman–Crippen MR) is 67.1 cm³/mol. The molecule has 0 saturated heterocycles. The van der Waals surface area contributed by atoms with Crippen LogP contribution in [0.5, 0.6) is 0 Å². The zero-order valence-corrected chi connectivity index (χ0v) is 10.9. The molecule has 2 rings (SSSR count). The SMILES string of the molecule is NC(=O)CN(C(=O)C1(C(=O)O)CCC1)C1CCCC1. The molecule has 0 aromatic rings. The number of hydrogen-bond donors (Lipinski definition) is 2. The molecule has 2 amide bonds. The molecular weight excluding hydrogens is 248 g/mol. The second-order valence-corrected chi connectivity index (χ2v) is 5.58. The first-order chi connectivity index (χ1) is 8.97. The van der Waals surface area contributed by atoms with Gasteiger partial charge in [0.15, 0.2) is 0 Å². The fraction of sp³-hybridized carbons (Fsp3) is 0.769. The van der Waals surface area contributed by atoms with Gasteiger partial charge in [0.25, 0.3) is 0 Å². The largest absolute Gasteiger partial charge is 0.480 e. The Labute approximate surface area is 111 Å². The fourth-order valence-corrected chi connectivity index (χ4v) is 3.07. The summed E-state index contributed by atoms with van der Waals surface area (Å²) in [6, 6.07) is -0.0307. The number of carboxylic acid groups (broad SMARTS) is 1. The topological polar surface area (TPSA) is 101 Å². The normalized spacial score (nSPS) is 21.7. The van der Waals surface area contributed by atoms with Crippen molar-refractivity contribution in [3.8, 4) is 0 Å². The Hall–Kier alpha value is -1.59. The van der Waals surface area contributed by atoms with Gasteiger partial charge in [0.2, 0.25) is 11.8 Å². The van der Waals surface area contributed by atoms with Gasteiger partial charge in [-0.05, 0) is 25.7 Å². The molecule has 0 aromatic heterocycles. The summed E-state index contributed by atoms with van der Waals surface area (Å²) in [6.45, 7) is -0.168. The van der Waals surface area contributed by atoms with Crippen LogP contribution in [0, 0.1) is 5.41 Å². The Morgan fingerprint density at radius 3 is 2.11 bits per heavy atom. The average molecular weight is 268 g/mol. The summed E-state index contributed by atoms with van der Waals surface area (Å²) in [5.41, 5.74) is 3.89. The Morgan fingerprint density at radius 2 is 1.74 bits per heavy atom. The standard InChI is InChI=1S/C13H20N2O4/c14-10(16)8-15(9-4-1-2-5-9)11(17)13(12(18)19)6-3-7-13/h9H,1-8H2,(H2,14,16)(H,18,19). The van der Waals surface area contributed by atoms with Crippen LogP contribution in [0.15, 0.2) is 0 Å². The fourth-order valence-electron chi connectivity index (χ4n) is 3.07. The lowest BCUT2D eigenvalue weighted by atomic mass is 9.67. The van der Waals surface area contributed by atoms with E-state index >= 15 is 0 Å². The molecule has 0 atom stereocenters. The molecule has 0 spiro atoms. The van der Waals surface area contributed by atoms with Crippen LogP contribution in [-0.4, -0.2) is 40.4 Å². The molecule has 2 saturated carbocycles. The van der Waals surface area contributed by atoms with Gasteiger partial charge < -0.3 is 15.7 Å². The van der Waals surface area contributed by atoms with Crippen LogP contribution in [0.4, 0.5) is 0 Å². The molecule has 2 aliphatic rings. The first-order valence-corrected chi connectivity index (χ1v) is 6.80. The van der Waals surface area contributed by atoms with Crippen molar-refractivity contribution in [3.63, 3.8) is 0 Å². The minimum Gasteiger partial charge on any atom is -0.480 e. The van der Waals surface area contributed by atoms with E-state index in [0.29, 0.717) is 12.8 Å². The Bertz CT molecular complexity index is 397. The number of primary amides is 1. The molecule has 3 N–H and O–H groups in total. The van der Waals surface area contributed by atoms with Crippen LogP contribution in [0.1, 0.15) is 44.9 Å². The van der Waals surface area contributed by atoms with Crippen molar-refractivity contribution in [2.45, 2.75) is 51.0 Å². The molecule has 19 heavy (non-hydrogen) atoms. The van der Waals surface area contributed by atoms with E-state index < -0.39 is 23.2 Å². The van der Waals surface area contributed by atoms with E-state index in [1.807, 2.05) is 0 Å². The maximum absolute atomic E-state index is 12.5. The molecule has 0 heterocycles. The molecule has 2 fully saturated rings. The molecule has 0 aliphatic heterocycles. The van der Waals surface area contributed by atoms with E-state index in [4.69, 9.17) is 5.73 Å². The molecule has 6 nitrogen and oxygen atoms in total. The van der Waals surface area contributed by atoms with Crippen LogP contribution >= 0.6 is 0 Å². The van der Waals surface area contributed by atoms with Gasteiger partial charge in [-0.25, -0.2) is 0 Å². The molecule has 0 aromatic carbocycles. The van der Waals surface area contributed by atoms with Crippen LogP contribution < -0.4 is 5.73 Å². The smallest absolute Gasteiger partial charge is 0.319 e. The number of carbonyl (C=O) groups excluding carboxylic acids is 2. The van der Waals surface area contributed by atoms with Crippen molar-refractivity contribution in [1.29, 1.82) is 0 Å². The van der Waals surface area contributed by atoms with Crippen LogP contribution in [-0.2, 0) is 14.4 Å². The summed E-state index contributed by atoms with van der Waals surface area (Å²) in [5, 5.41) is 9.32.